The summed E-state index contributed by atoms with van der Waals surface area (Å²) in [5, 5.41) is 5.88. The molecule has 0 saturated carbocycles. The number of hydrogen-bond donors (Lipinski definition) is 1. The second kappa shape index (κ2) is 4.55. The third kappa shape index (κ3) is 2.37. The fourth-order valence-corrected chi connectivity index (χ4v) is 2.46. The molecule has 1 aromatic carbocycles. The van der Waals surface area contributed by atoms with Crippen LogP contribution in [0.15, 0.2) is 29.6 Å². The first-order chi connectivity index (χ1) is 8.04. The van der Waals surface area contributed by atoms with Crippen LogP contribution in [0.4, 0.5) is 4.39 Å². The monoisotopic (exact) mass is 250 g/mol. The van der Waals surface area contributed by atoms with Crippen LogP contribution in [0.1, 0.15) is 19.5 Å². The Balaban J connectivity index is 2.40. The quantitative estimate of drug-likeness (QED) is 0.903. The molecule has 1 heterocycles. The van der Waals surface area contributed by atoms with Gasteiger partial charge < -0.3 is 5.32 Å². The summed E-state index contributed by atoms with van der Waals surface area (Å²) in [5.74, 6) is -0.226. The van der Waals surface area contributed by atoms with Gasteiger partial charge in [0.05, 0.1) is 11.2 Å². The van der Waals surface area contributed by atoms with E-state index in [-0.39, 0.29) is 11.4 Å². The van der Waals surface area contributed by atoms with Crippen LogP contribution in [-0.4, -0.2) is 12.0 Å². The molecule has 0 saturated heterocycles. The predicted molar refractivity (Wildman–Crippen MR) is 69.6 cm³/mol. The van der Waals surface area contributed by atoms with Crippen LogP contribution in [0.2, 0.25) is 0 Å². The summed E-state index contributed by atoms with van der Waals surface area (Å²) in [6.45, 7) is 4.10. The van der Waals surface area contributed by atoms with Gasteiger partial charge >= 0.3 is 0 Å². The van der Waals surface area contributed by atoms with Crippen molar-refractivity contribution in [2.75, 3.05) is 7.05 Å². The van der Waals surface area contributed by atoms with Crippen molar-refractivity contribution in [1.29, 1.82) is 0 Å². The molecule has 0 unspecified atom stereocenters. The molecule has 0 bridgehead atoms. The van der Waals surface area contributed by atoms with Gasteiger partial charge in [-0.3, -0.25) is 0 Å². The lowest BCUT2D eigenvalue weighted by Crippen LogP contribution is -2.33. The zero-order valence-corrected chi connectivity index (χ0v) is 10.9. The molecule has 0 radical (unpaired) electrons. The average molecular weight is 250 g/mol. The van der Waals surface area contributed by atoms with Crippen molar-refractivity contribution in [3.63, 3.8) is 0 Å². The Morgan fingerprint density at radius 2 is 2.00 bits per heavy atom. The first-order valence-corrected chi connectivity index (χ1v) is 6.32. The summed E-state index contributed by atoms with van der Waals surface area (Å²) in [6, 6.07) is 6.72. The van der Waals surface area contributed by atoms with Crippen LogP contribution in [0.25, 0.3) is 10.6 Å². The van der Waals surface area contributed by atoms with Crippen molar-refractivity contribution < 1.29 is 4.39 Å². The number of halogens is 1. The van der Waals surface area contributed by atoms with E-state index < -0.39 is 0 Å². The standard InChI is InChI=1S/C13H15FN2S/c1-13(2,15-3)11-8-17-12(16-11)9-6-4-5-7-10(9)14/h4-8,15H,1-3H3. The number of hydrogen-bond acceptors (Lipinski definition) is 3. The number of rotatable bonds is 3. The van der Waals surface area contributed by atoms with E-state index in [0.29, 0.717) is 5.56 Å². The second-order valence-electron chi connectivity index (χ2n) is 4.39. The lowest BCUT2D eigenvalue weighted by atomic mass is 10.0. The average Bonchev–Trinajstić information content (AvgIpc) is 2.79. The number of nitrogens with zero attached hydrogens (tertiary/aromatic N) is 1. The third-order valence-electron chi connectivity index (χ3n) is 2.87. The van der Waals surface area contributed by atoms with Crippen molar-refractivity contribution in [1.82, 2.24) is 10.3 Å². The molecule has 90 valence electrons. The van der Waals surface area contributed by atoms with Crippen LogP contribution >= 0.6 is 11.3 Å². The molecule has 0 atom stereocenters. The molecule has 0 aliphatic rings. The molecule has 0 aliphatic carbocycles. The molecule has 0 spiro atoms. The Kier molecular flexibility index (Phi) is 3.26. The maximum absolute atomic E-state index is 13.6. The summed E-state index contributed by atoms with van der Waals surface area (Å²) in [5.41, 5.74) is 1.30. The van der Waals surface area contributed by atoms with Crippen LogP contribution in [0, 0.1) is 5.82 Å². The first kappa shape index (κ1) is 12.2. The fraction of sp³-hybridized carbons (Fsp3) is 0.308. The van der Waals surface area contributed by atoms with Gasteiger partial charge in [-0.2, -0.15) is 0 Å². The Hall–Kier alpha value is -1.26. The summed E-state index contributed by atoms with van der Waals surface area (Å²) in [4.78, 5) is 4.50. The predicted octanol–water partition coefficient (Wildman–Crippen LogP) is 3.40. The van der Waals surface area contributed by atoms with Gasteiger partial charge in [0.25, 0.3) is 0 Å². The number of aromatic nitrogens is 1. The molecule has 0 amide bonds. The highest BCUT2D eigenvalue weighted by Gasteiger charge is 2.21. The molecule has 1 N–H and O–H groups in total. The highest BCUT2D eigenvalue weighted by atomic mass is 32.1. The van der Waals surface area contributed by atoms with Gasteiger partial charge in [0.2, 0.25) is 0 Å². The van der Waals surface area contributed by atoms with Crippen LogP contribution in [0.3, 0.4) is 0 Å². The van der Waals surface area contributed by atoms with Crippen LogP contribution in [0.5, 0.6) is 0 Å². The van der Waals surface area contributed by atoms with Crippen molar-refractivity contribution in [3.8, 4) is 10.6 Å². The van der Waals surface area contributed by atoms with E-state index in [0.717, 1.165) is 10.7 Å². The molecular formula is C13H15FN2S. The summed E-state index contributed by atoms with van der Waals surface area (Å²) in [6.07, 6.45) is 0. The van der Waals surface area contributed by atoms with E-state index in [1.807, 2.05) is 32.3 Å². The Morgan fingerprint density at radius 3 is 2.65 bits per heavy atom. The molecule has 17 heavy (non-hydrogen) atoms. The van der Waals surface area contributed by atoms with Gasteiger partial charge in [0.15, 0.2) is 0 Å². The van der Waals surface area contributed by atoms with Crippen molar-refractivity contribution >= 4 is 11.3 Å². The van der Waals surface area contributed by atoms with E-state index in [4.69, 9.17) is 0 Å². The summed E-state index contributed by atoms with van der Waals surface area (Å²) in [7, 11) is 1.89. The SMILES string of the molecule is CNC(C)(C)c1csc(-c2ccccc2F)n1. The minimum atomic E-state index is -0.226. The zero-order chi connectivity index (χ0) is 12.5. The van der Waals surface area contributed by atoms with Gasteiger partial charge in [-0.15, -0.1) is 11.3 Å². The Labute approximate surface area is 105 Å². The smallest absolute Gasteiger partial charge is 0.133 e. The topological polar surface area (TPSA) is 24.9 Å². The lowest BCUT2D eigenvalue weighted by Gasteiger charge is -2.21. The molecule has 2 nitrogen and oxygen atoms in total. The first-order valence-electron chi connectivity index (χ1n) is 5.44. The van der Waals surface area contributed by atoms with E-state index in [1.165, 1.54) is 17.4 Å². The van der Waals surface area contributed by atoms with E-state index in [2.05, 4.69) is 10.3 Å². The molecule has 0 aliphatic heterocycles. The van der Waals surface area contributed by atoms with Gasteiger partial charge in [-0.1, -0.05) is 12.1 Å². The van der Waals surface area contributed by atoms with Crippen molar-refractivity contribution in [2.24, 2.45) is 0 Å². The number of nitrogens with one attached hydrogen (secondary N) is 1. The van der Waals surface area contributed by atoms with Crippen molar-refractivity contribution in [3.05, 3.63) is 41.2 Å². The Morgan fingerprint density at radius 1 is 1.29 bits per heavy atom. The second-order valence-corrected chi connectivity index (χ2v) is 5.25. The van der Waals surface area contributed by atoms with Crippen LogP contribution < -0.4 is 5.32 Å². The maximum atomic E-state index is 13.6. The normalized spacial score (nSPS) is 11.8. The molecule has 2 aromatic rings. The zero-order valence-electron chi connectivity index (χ0n) is 10.1. The molecule has 4 heteroatoms. The van der Waals surface area contributed by atoms with Gasteiger partial charge in [-0.25, -0.2) is 9.37 Å². The minimum absolute atomic E-state index is 0.194. The minimum Gasteiger partial charge on any atom is -0.310 e. The molecular weight excluding hydrogens is 235 g/mol. The fourth-order valence-electron chi connectivity index (χ4n) is 1.45. The van der Waals surface area contributed by atoms with Gasteiger partial charge in [0, 0.05) is 10.9 Å². The molecule has 1 aromatic heterocycles. The highest BCUT2D eigenvalue weighted by Crippen LogP contribution is 2.29. The van der Waals surface area contributed by atoms with Crippen LogP contribution in [-0.2, 0) is 5.54 Å². The largest absolute Gasteiger partial charge is 0.310 e. The third-order valence-corrected chi connectivity index (χ3v) is 3.75. The lowest BCUT2D eigenvalue weighted by molar-refractivity contribution is 0.434. The van der Waals surface area contributed by atoms with E-state index >= 15 is 0 Å². The van der Waals surface area contributed by atoms with Gasteiger partial charge in [0.1, 0.15) is 10.8 Å². The molecule has 0 fully saturated rings. The Bertz CT molecular complexity index is 520. The van der Waals surface area contributed by atoms with E-state index in [1.54, 1.807) is 12.1 Å². The molecule has 2 rings (SSSR count). The summed E-state index contributed by atoms with van der Waals surface area (Å²) < 4.78 is 13.6. The maximum Gasteiger partial charge on any atom is 0.133 e. The summed E-state index contributed by atoms with van der Waals surface area (Å²) >= 11 is 1.47. The number of thiazole rings is 1. The van der Waals surface area contributed by atoms with E-state index in [9.17, 15) is 4.39 Å². The number of benzene rings is 1. The highest BCUT2D eigenvalue weighted by molar-refractivity contribution is 7.13. The van der Waals surface area contributed by atoms with Gasteiger partial charge in [-0.05, 0) is 33.0 Å². The van der Waals surface area contributed by atoms with Crippen molar-refractivity contribution in [2.45, 2.75) is 19.4 Å².